The largest absolute Gasteiger partial charge is 0.493 e. The number of hydrogen-bond donors (Lipinski definition) is 2. The van der Waals surface area contributed by atoms with E-state index in [1.165, 1.54) is 6.07 Å². The molecule has 0 amide bonds. The van der Waals surface area contributed by atoms with Crippen molar-refractivity contribution in [3.05, 3.63) is 22.7 Å². The van der Waals surface area contributed by atoms with Gasteiger partial charge >= 0.3 is 0 Å². The monoisotopic (exact) mass is 378 g/mol. The fraction of sp³-hybridized carbons (Fsp3) is 0.571. The van der Waals surface area contributed by atoms with Crippen LogP contribution >= 0.6 is 15.9 Å². The summed E-state index contributed by atoms with van der Waals surface area (Å²) in [5, 5.41) is 0. The van der Waals surface area contributed by atoms with Crippen LogP contribution in [0.4, 0.5) is 0 Å². The summed E-state index contributed by atoms with van der Waals surface area (Å²) in [7, 11) is -3.57. The number of unbranched alkanes of at least 4 members (excludes halogenated alkanes) is 1. The fourth-order valence-electron chi connectivity index (χ4n) is 1.88. The van der Waals surface area contributed by atoms with E-state index in [4.69, 9.17) is 10.5 Å². The Morgan fingerprint density at radius 1 is 1.38 bits per heavy atom. The predicted molar refractivity (Wildman–Crippen MR) is 88.0 cm³/mol. The molecule has 1 unspecified atom stereocenters. The molecule has 1 atom stereocenters. The summed E-state index contributed by atoms with van der Waals surface area (Å²) in [6, 6.07) is 4.48. The zero-order valence-electron chi connectivity index (χ0n) is 12.4. The van der Waals surface area contributed by atoms with Crippen LogP contribution in [-0.2, 0) is 10.0 Å². The highest BCUT2D eigenvalue weighted by molar-refractivity contribution is 9.10. The van der Waals surface area contributed by atoms with E-state index in [0.29, 0.717) is 16.8 Å². The lowest BCUT2D eigenvalue weighted by Crippen LogP contribution is -2.40. The van der Waals surface area contributed by atoms with Gasteiger partial charge in [-0.15, -0.1) is 0 Å². The molecule has 21 heavy (non-hydrogen) atoms. The smallest absolute Gasteiger partial charge is 0.240 e. The van der Waals surface area contributed by atoms with Gasteiger partial charge in [-0.1, -0.05) is 19.8 Å². The van der Waals surface area contributed by atoms with E-state index >= 15 is 0 Å². The maximum Gasteiger partial charge on any atom is 0.240 e. The lowest BCUT2D eigenvalue weighted by Gasteiger charge is -2.17. The van der Waals surface area contributed by atoms with Crippen LogP contribution in [0.3, 0.4) is 0 Å². The number of sulfonamides is 1. The second-order valence-electron chi connectivity index (χ2n) is 4.72. The summed E-state index contributed by atoms with van der Waals surface area (Å²) in [6.45, 7) is 4.75. The van der Waals surface area contributed by atoms with E-state index in [2.05, 4.69) is 27.6 Å². The van der Waals surface area contributed by atoms with Crippen LogP contribution in [-0.4, -0.2) is 27.6 Å². The van der Waals surface area contributed by atoms with Crippen molar-refractivity contribution in [3.63, 3.8) is 0 Å². The number of halogens is 1. The Bertz CT molecular complexity index is 549. The molecule has 0 aliphatic heterocycles. The number of nitrogens with two attached hydrogens (primary N) is 1. The summed E-state index contributed by atoms with van der Waals surface area (Å²) in [6.07, 6.45) is 2.69. The van der Waals surface area contributed by atoms with Gasteiger partial charge in [0, 0.05) is 12.6 Å². The summed E-state index contributed by atoms with van der Waals surface area (Å²) in [5.74, 6) is 0.623. The molecule has 7 heteroatoms. The fourth-order valence-corrected chi connectivity index (χ4v) is 3.84. The van der Waals surface area contributed by atoms with E-state index in [0.717, 1.165) is 19.3 Å². The molecule has 0 saturated carbocycles. The third kappa shape index (κ3) is 5.58. The van der Waals surface area contributed by atoms with Crippen molar-refractivity contribution in [1.29, 1.82) is 0 Å². The highest BCUT2D eigenvalue weighted by Crippen LogP contribution is 2.27. The van der Waals surface area contributed by atoms with E-state index in [1.807, 2.05) is 6.92 Å². The molecule has 0 aliphatic rings. The van der Waals surface area contributed by atoms with Gasteiger partial charge < -0.3 is 10.5 Å². The Labute approximate surface area is 135 Å². The van der Waals surface area contributed by atoms with E-state index < -0.39 is 10.0 Å². The summed E-state index contributed by atoms with van der Waals surface area (Å²) < 4.78 is 33.4. The lowest BCUT2D eigenvalue weighted by molar-refractivity contribution is 0.338. The number of nitrogens with one attached hydrogen (secondary N) is 1. The Hall–Kier alpha value is -0.630. The van der Waals surface area contributed by atoms with E-state index in [1.54, 1.807) is 12.1 Å². The molecule has 0 aromatic heterocycles. The molecule has 1 aromatic carbocycles. The molecule has 120 valence electrons. The van der Waals surface area contributed by atoms with Gasteiger partial charge in [-0.05, 0) is 47.5 Å². The highest BCUT2D eigenvalue weighted by atomic mass is 79.9. The third-order valence-electron chi connectivity index (χ3n) is 3.03. The van der Waals surface area contributed by atoms with E-state index in [9.17, 15) is 8.42 Å². The Morgan fingerprint density at radius 3 is 2.62 bits per heavy atom. The van der Waals surface area contributed by atoms with Crippen molar-refractivity contribution in [2.45, 2.75) is 44.0 Å². The van der Waals surface area contributed by atoms with Crippen LogP contribution < -0.4 is 15.2 Å². The van der Waals surface area contributed by atoms with Gasteiger partial charge in [-0.25, -0.2) is 13.1 Å². The van der Waals surface area contributed by atoms with Crippen molar-refractivity contribution in [3.8, 4) is 5.75 Å². The molecule has 5 nitrogen and oxygen atoms in total. The molecule has 0 radical (unpaired) electrons. The van der Waals surface area contributed by atoms with Crippen LogP contribution in [0.15, 0.2) is 27.6 Å². The SMILES string of the molecule is CCCCC(CN)NS(=O)(=O)c1ccc(OCC)c(Br)c1. The van der Waals surface area contributed by atoms with Crippen molar-refractivity contribution in [1.82, 2.24) is 4.72 Å². The van der Waals surface area contributed by atoms with Gasteiger partial charge in [-0.3, -0.25) is 0 Å². The molecular weight excluding hydrogens is 356 g/mol. The average molecular weight is 379 g/mol. The number of hydrogen-bond acceptors (Lipinski definition) is 4. The van der Waals surface area contributed by atoms with Crippen molar-refractivity contribution in [2.24, 2.45) is 5.73 Å². The molecule has 0 heterocycles. The summed E-state index contributed by atoms with van der Waals surface area (Å²) in [4.78, 5) is 0.202. The predicted octanol–water partition coefficient (Wildman–Crippen LogP) is 2.64. The minimum absolute atomic E-state index is 0.202. The normalized spacial score (nSPS) is 13.1. The van der Waals surface area contributed by atoms with Crippen LogP contribution in [0.25, 0.3) is 0 Å². The van der Waals surface area contributed by atoms with Crippen LogP contribution in [0, 0.1) is 0 Å². The molecule has 0 spiro atoms. The van der Waals surface area contributed by atoms with Gasteiger partial charge in [0.15, 0.2) is 0 Å². The number of ether oxygens (including phenoxy) is 1. The molecule has 0 bridgehead atoms. The Kier molecular flexibility index (Phi) is 7.65. The van der Waals surface area contributed by atoms with Gasteiger partial charge in [0.25, 0.3) is 0 Å². The summed E-state index contributed by atoms with van der Waals surface area (Å²) >= 11 is 3.32. The zero-order valence-corrected chi connectivity index (χ0v) is 14.8. The number of rotatable bonds is 9. The second kappa shape index (κ2) is 8.73. The van der Waals surface area contributed by atoms with Gasteiger partial charge in [-0.2, -0.15) is 0 Å². The van der Waals surface area contributed by atoms with Crippen molar-refractivity contribution >= 4 is 26.0 Å². The standard InChI is InChI=1S/C14H23BrN2O3S/c1-3-5-6-11(10-16)17-21(18,19)12-7-8-14(20-4-2)13(15)9-12/h7-9,11,17H,3-6,10,16H2,1-2H3. The zero-order chi connectivity index (χ0) is 15.9. The molecule has 0 fully saturated rings. The Morgan fingerprint density at radius 2 is 2.10 bits per heavy atom. The third-order valence-corrected chi connectivity index (χ3v) is 5.16. The molecule has 1 aromatic rings. The molecule has 0 aliphatic carbocycles. The lowest BCUT2D eigenvalue weighted by atomic mass is 10.1. The quantitative estimate of drug-likeness (QED) is 0.691. The molecular formula is C14H23BrN2O3S. The summed E-state index contributed by atoms with van der Waals surface area (Å²) in [5.41, 5.74) is 5.64. The first-order chi connectivity index (χ1) is 9.94. The van der Waals surface area contributed by atoms with Crippen LogP contribution in [0.5, 0.6) is 5.75 Å². The maximum atomic E-state index is 12.4. The second-order valence-corrected chi connectivity index (χ2v) is 7.29. The van der Waals surface area contributed by atoms with Crippen LogP contribution in [0.2, 0.25) is 0 Å². The molecule has 0 saturated heterocycles. The first-order valence-electron chi connectivity index (χ1n) is 7.09. The Balaban J connectivity index is 2.89. The topological polar surface area (TPSA) is 81.4 Å². The van der Waals surface area contributed by atoms with Gasteiger partial charge in [0.2, 0.25) is 10.0 Å². The van der Waals surface area contributed by atoms with Crippen molar-refractivity contribution in [2.75, 3.05) is 13.2 Å². The van der Waals surface area contributed by atoms with Gasteiger partial charge in [0.1, 0.15) is 5.75 Å². The first-order valence-corrected chi connectivity index (χ1v) is 9.37. The molecule has 1 rings (SSSR count). The number of benzene rings is 1. The minimum atomic E-state index is -3.57. The van der Waals surface area contributed by atoms with Gasteiger partial charge in [0.05, 0.1) is 16.0 Å². The van der Waals surface area contributed by atoms with Crippen LogP contribution in [0.1, 0.15) is 33.1 Å². The molecule has 3 N–H and O–H groups in total. The first kappa shape index (κ1) is 18.4. The maximum absolute atomic E-state index is 12.4. The highest BCUT2D eigenvalue weighted by Gasteiger charge is 2.20. The van der Waals surface area contributed by atoms with Crippen molar-refractivity contribution < 1.29 is 13.2 Å². The minimum Gasteiger partial charge on any atom is -0.493 e. The van der Waals surface area contributed by atoms with E-state index in [-0.39, 0.29) is 17.5 Å². The average Bonchev–Trinajstić information content (AvgIpc) is 2.45.